The van der Waals surface area contributed by atoms with Crippen LogP contribution in [0.3, 0.4) is 0 Å². The van der Waals surface area contributed by atoms with Gasteiger partial charge in [-0.2, -0.15) is 0 Å². The van der Waals surface area contributed by atoms with Crippen molar-refractivity contribution < 1.29 is 4.92 Å². The molecule has 2 rings (SSSR count). The van der Waals surface area contributed by atoms with Gasteiger partial charge in [-0.05, 0) is 61.0 Å². The van der Waals surface area contributed by atoms with E-state index in [9.17, 15) is 10.1 Å². The van der Waals surface area contributed by atoms with E-state index in [1.54, 1.807) is 23.5 Å². The van der Waals surface area contributed by atoms with Crippen LogP contribution < -0.4 is 5.32 Å². The van der Waals surface area contributed by atoms with E-state index in [1.807, 2.05) is 11.4 Å². The number of rotatable bonds is 4. The second-order valence-corrected chi connectivity index (χ2v) is 6.68. The fourth-order valence-electron chi connectivity index (χ4n) is 1.41. The van der Waals surface area contributed by atoms with Gasteiger partial charge < -0.3 is 5.32 Å². The number of halogens is 2. The van der Waals surface area contributed by atoms with Gasteiger partial charge in [-0.15, -0.1) is 11.3 Å². The molecule has 0 saturated carbocycles. The summed E-state index contributed by atoms with van der Waals surface area (Å²) in [5.41, 5.74) is 1.93. The smallest absolute Gasteiger partial charge is 0.285 e. The van der Waals surface area contributed by atoms with Gasteiger partial charge in [0, 0.05) is 18.3 Å². The molecule has 0 aliphatic heterocycles. The fraction of sp³-hybridized carbons (Fsp3) is 0.0909. The highest BCUT2D eigenvalue weighted by molar-refractivity contribution is 9.11. The molecule has 0 saturated heterocycles. The van der Waals surface area contributed by atoms with Crippen molar-refractivity contribution >= 4 is 54.6 Å². The molecule has 1 aromatic carbocycles. The van der Waals surface area contributed by atoms with Crippen LogP contribution in [0.2, 0.25) is 0 Å². The molecule has 4 nitrogen and oxygen atoms in total. The van der Waals surface area contributed by atoms with Gasteiger partial charge in [-0.1, -0.05) is 0 Å². The molecule has 0 bridgehead atoms. The summed E-state index contributed by atoms with van der Waals surface area (Å²) in [6.45, 7) is 0.640. The van der Waals surface area contributed by atoms with Gasteiger partial charge in [0.25, 0.3) is 5.69 Å². The average Bonchev–Trinajstić information content (AvgIpc) is 2.74. The quantitative estimate of drug-likeness (QED) is 0.601. The lowest BCUT2D eigenvalue weighted by Crippen LogP contribution is -1.99. The van der Waals surface area contributed by atoms with Crippen LogP contribution in [-0.4, -0.2) is 4.92 Å². The number of anilines is 1. The first-order chi connectivity index (χ1) is 8.56. The van der Waals surface area contributed by atoms with E-state index < -0.39 is 4.92 Å². The molecule has 2 aromatic rings. The van der Waals surface area contributed by atoms with Crippen molar-refractivity contribution in [1.82, 2.24) is 0 Å². The van der Waals surface area contributed by atoms with E-state index in [1.165, 1.54) is 6.07 Å². The van der Waals surface area contributed by atoms with Crippen molar-refractivity contribution in [2.75, 3.05) is 5.32 Å². The number of hydrogen-bond acceptors (Lipinski definition) is 4. The Morgan fingerprint density at radius 1 is 1.33 bits per heavy atom. The number of benzene rings is 1. The number of nitrogens with zero attached hydrogens (tertiary/aromatic N) is 1. The number of nitro benzene ring substituents is 1. The lowest BCUT2D eigenvalue weighted by Gasteiger charge is -2.05. The van der Waals surface area contributed by atoms with Gasteiger partial charge in [0.05, 0.1) is 13.2 Å². The zero-order chi connectivity index (χ0) is 13.1. The van der Waals surface area contributed by atoms with Crippen LogP contribution in [0.25, 0.3) is 0 Å². The Balaban J connectivity index is 2.10. The summed E-state index contributed by atoms with van der Waals surface area (Å²) in [6.07, 6.45) is 0. The van der Waals surface area contributed by atoms with Crippen molar-refractivity contribution in [2.45, 2.75) is 6.54 Å². The maximum absolute atomic E-state index is 10.8. The second kappa shape index (κ2) is 5.81. The molecular weight excluding hydrogens is 384 g/mol. The van der Waals surface area contributed by atoms with E-state index in [4.69, 9.17) is 0 Å². The fourth-order valence-corrected chi connectivity index (χ4v) is 3.01. The Morgan fingerprint density at radius 3 is 2.72 bits per heavy atom. The van der Waals surface area contributed by atoms with E-state index in [2.05, 4.69) is 37.2 Å². The van der Waals surface area contributed by atoms with E-state index in [0.717, 1.165) is 15.0 Å². The van der Waals surface area contributed by atoms with Crippen LogP contribution in [0.15, 0.2) is 37.9 Å². The number of nitrogens with one attached hydrogen (secondary N) is 1. The zero-order valence-electron chi connectivity index (χ0n) is 9.02. The van der Waals surface area contributed by atoms with Gasteiger partial charge in [-0.25, -0.2) is 0 Å². The zero-order valence-corrected chi connectivity index (χ0v) is 13.0. The van der Waals surface area contributed by atoms with Crippen molar-refractivity contribution in [2.24, 2.45) is 0 Å². The summed E-state index contributed by atoms with van der Waals surface area (Å²) in [4.78, 5) is 10.4. The Hall–Kier alpha value is -0.920. The summed E-state index contributed by atoms with van der Waals surface area (Å²) in [5.74, 6) is 0. The van der Waals surface area contributed by atoms with Gasteiger partial charge in [0.1, 0.15) is 0 Å². The van der Waals surface area contributed by atoms with Crippen LogP contribution in [0.4, 0.5) is 11.4 Å². The summed E-state index contributed by atoms with van der Waals surface area (Å²) in [7, 11) is 0. The molecule has 0 radical (unpaired) electrons. The highest BCUT2D eigenvalue weighted by Crippen LogP contribution is 2.28. The molecule has 1 aromatic heterocycles. The minimum Gasteiger partial charge on any atom is -0.381 e. The normalized spacial score (nSPS) is 10.3. The number of nitro groups is 1. The molecule has 0 aliphatic carbocycles. The molecule has 0 fully saturated rings. The lowest BCUT2D eigenvalue weighted by molar-refractivity contribution is -0.385. The predicted octanol–water partition coefficient (Wildman–Crippen LogP) is 4.79. The van der Waals surface area contributed by atoms with Gasteiger partial charge in [-0.3, -0.25) is 10.1 Å². The molecule has 0 amide bonds. The Labute approximate surface area is 124 Å². The molecule has 18 heavy (non-hydrogen) atoms. The highest BCUT2D eigenvalue weighted by Gasteiger charge is 2.12. The highest BCUT2D eigenvalue weighted by atomic mass is 79.9. The number of thiophene rings is 1. The topological polar surface area (TPSA) is 55.2 Å². The first kappa shape index (κ1) is 13.5. The van der Waals surface area contributed by atoms with E-state index in [0.29, 0.717) is 11.0 Å². The second-order valence-electron chi connectivity index (χ2n) is 3.54. The van der Waals surface area contributed by atoms with Crippen LogP contribution >= 0.6 is 43.2 Å². The molecule has 1 N–H and O–H groups in total. The summed E-state index contributed by atoms with van der Waals surface area (Å²) in [6, 6.07) is 7.01. The largest absolute Gasteiger partial charge is 0.381 e. The minimum absolute atomic E-state index is 0.0616. The molecule has 0 unspecified atom stereocenters. The Morgan fingerprint density at radius 2 is 2.11 bits per heavy atom. The van der Waals surface area contributed by atoms with Crippen LogP contribution in [-0.2, 0) is 6.54 Å². The van der Waals surface area contributed by atoms with Crippen molar-refractivity contribution in [3.8, 4) is 0 Å². The van der Waals surface area contributed by atoms with E-state index >= 15 is 0 Å². The standard InChI is InChI=1S/C11H8Br2N2O2S/c12-9-2-1-8(4-10(9)15(16)17)14-5-7-3-11(13)18-6-7/h1-4,6,14H,5H2. The van der Waals surface area contributed by atoms with Gasteiger partial charge in [0.15, 0.2) is 0 Å². The Kier molecular flexibility index (Phi) is 4.36. The van der Waals surface area contributed by atoms with Crippen molar-refractivity contribution in [3.05, 3.63) is 53.6 Å². The maximum atomic E-state index is 10.8. The maximum Gasteiger partial charge on any atom is 0.285 e. The first-order valence-corrected chi connectivity index (χ1v) is 7.43. The summed E-state index contributed by atoms with van der Waals surface area (Å²) < 4.78 is 1.55. The molecule has 94 valence electrons. The lowest BCUT2D eigenvalue weighted by atomic mass is 10.2. The predicted molar refractivity (Wildman–Crippen MR) is 80.1 cm³/mol. The van der Waals surface area contributed by atoms with Crippen LogP contribution in [0.5, 0.6) is 0 Å². The average molecular weight is 392 g/mol. The third-order valence-corrected chi connectivity index (χ3v) is 4.49. The molecule has 0 atom stereocenters. The van der Waals surface area contributed by atoms with Gasteiger partial charge in [0.2, 0.25) is 0 Å². The van der Waals surface area contributed by atoms with E-state index in [-0.39, 0.29) is 5.69 Å². The molecular formula is C11H8Br2N2O2S. The molecule has 0 spiro atoms. The molecule has 0 aliphatic rings. The number of hydrogen-bond donors (Lipinski definition) is 1. The monoisotopic (exact) mass is 390 g/mol. The minimum atomic E-state index is -0.406. The summed E-state index contributed by atoms with van der Waals surface area (Å²) >= 11 is 8.16. The SMILES string of the molecule is O=[N+]([O-])c1cc(NCc2csc(Br)c2)ccc1Br. The van der Waals surface area contributed by atoms with Crippen molar-refractivity contribution in [1.29, 1.82) is 0 Å². The first-order valence-electron chi connectivity index (χ1n) is 4.97. The molecule has 7 heteroatoms. The third kappa shape index (κ3) is 3.30. The van der Waals surface area contributed by atoms with Gasteiger partial charge >= 0.3 is 0 Å². The summed E-state index contributed by atoms with van der Waals surface area (Å²) in [5, 5.41) is 16.0. The molecule has 1 heterocycles. The van der Waals surface area contributed by atoms with Crippen LogP contribution in [0, 0.1) is 10.1 Å². The Bertz CT molecular complexity index is 586. The van der Waals surface area contributed by atoms with Crippen LogP contribution in [0.1, 0.15) is 5.56 Å². The van der Waals surface area contributed by atoms with Crippen molar-refractivity contribution in [3.63, 3.8) is 0 Å². The third-order valence-electron chi connectivity index (χ3n) is 2.26.